The average Bonchev–Trinajstić information content (AvgIpc) is 2.85. The van der Waals surface area contributed by atoms with Crippen molar-refractivity contribution in [2.45, 2.75) is 13.0 Å². The van der Waals surface area contributed by atoms with E-state index in [4.69, 9.17) is 4.42 Å². The minimum atomic E-state index is -1.13. The molecule has 1 heterocycles. The van der Waals surface area contributed by atoms with Crippen molar-refractivity contribution >= 4 is 5.97 Å². The molecule has 0 spiro atoms. The molecule has 0 saturated carbocycles. The minimum absolute atomic E-state index is 0.00956. The summed E-state index contributed by atoms with van der Waals surface area (Å²) in [6.45, 7) is 1.72. The van der Waals surface area contributed by atoms with Crippen LogP contribution in [0.25, 0.3) is 0 Å². The van der Waals surface area contributed by atoms with Gasteiger partial charge < -0.3 is 14.3 Å². The van der Waals surface area contributed by atoms with Gasteiger partial charge in [0.25, 0.3) is 0 Å². The summed E-state index contributed by atoms with van der Waals surface area (Å²) in [6, 6.07) is 7.08. The van der Waals surface area contributed by atoms with Gasteiger partial charge >= 0.3 is 5.97 Å². The van der Waals surface area contributed by atoms with Gasteiger partial charge in [-0.1, -0.05) is 6.07 Å². The van der Waals surface area contributed by atoms with Crippen LogP contribution >= 0.6 is 0 Å². The Hall–Kier alpha value is -2.14. The van der Waals surface area contributed by atoms with Crippen molar-refractivity contribution in [3.05, 3.63) is 58.8 Å². The number of methoxy groups -OCH3 is 1. The second kappa shape index (κ2) is 5.24. The van der Waals surface area contributed by atoms with Crippen LogP contribution in [0.2, 0.25) is 0 Å². The smallest absolute Gasteiger partial charge is 0.373 e. The molecule has 4 nitrogen and oxygen atoms in total. The van der Waals surface area contributed by atoms with E-state index in [1.54, 1.807) is 13.0 Å². The number of rotatable bonds is 3. The van der Waals surface area contributed by atoms with Gasteiger partial charge in [-0.2, -0.15) is 0 Å². The van der Waals surface area contributed by atoms with Crippen molar-refractivity contribution in [2.75, 3.05) is 7.11 Å². The zero-order valence-corrected chi connectivity index (χ0v) is 10.5. The number of furan rings is 1. The Morgan fingerprint density at radius 2 is 2.11 bits per heavy atom. The Balaban J connectivity index is 2.30. The number of halogens is 1. The number of aliphatic hydroxyl groups excluding tert-OH is 1. The second-order valence-corrected chi connectivity index (χ2v) is 4.16. The van der Waals surface area contributed by atoms with Gasteiger partial charge in [0.05, 0.1) is 7.11 Å². The van der Waals surface area contributed by atoms with Crippen LogP contribution in [0.15, 0.2) is 34.7 Å². The van der Waals surface area contributed by atoms with Gasteiger partial charge in [0.1, 0.15) is 17.7 Å². The van der Waals surface area contributed by atoms with Crippen molar-refractivity contribution in [2.24, 2.45) is 0 Å². The van der Waals surface area contributed by atoms with Crippen LogP contribution in [-0.4, -0.2) is 18.2 Å². The third-order valence-corrected chi connectivity index (χ3v) is 2.66. The largest absolute Gasteiger partial charge is 0.463 e. The molecule has 0 aliphatic heterocycles. The lowest BCUT2D eigenvalue weighted by Crippen LogP contribution is -2.01. The molecule has 0 saturated heterocycles. The first-order chi connectivity index (χ1) is 9.01. The maximum Gasteiger partial charge on any atom is 0.373 e. The van der Waals surface area contributed by atoms with Crippen LogP contribution in [0.4, 0.5) is 4.39 Å². The maximum absolute atomic E-state index is 13.3. The third kappa shape index (κ3) is 2.82. The predicted molar refractivity (Wildman–Crippen MR) is 65.2 cm³/mol. The van der Waals surface area contributed by atoms with Gasteiger partial charge in [-0.05, 0) is 42.3 Å². The molecule has 0 fully saturated rings. The normalized spacial score (nSPS) is 12.2. The van der Waals surface area contributed by atoms with Crippen LogP contribution in [0.1, 0.15) is 33.5 Å². The molecule has 1 aromatic carbocycles. The fourth-order valence-electron chi connectivity index (χ4n) is 1.80. The summed E-state index contributed by atoms with van der Waals surface area (Å²) in [5.41, 5.74) is 1.05. The molecular weight excluding hydrogens is 251 g/mol. The third-order valence-electron chi connectivity index (χ3n) is 2.66. The molecule has 0 aliphatic carbocycles. The molecule has 1 unspecified atom stereocenters. The average molecular weight is 264 g/mol. The van der Waals surface area contributed by atoms with Crippen molar-refractivity contribution < 1.29 is 23.4 Å². The summed E-state index contributed by atoms with van der Waals surface area (Å²) in [4.78, 5) is 11.2. The highest BCUT2D eigenvalue weighted by Gasteiger charge is 2.18. The molecule has 2 rings (SSSR count). The first kappa shape index (κ1) is 13.3. The number of aryl methyl sites for hydroxylation is 1. The fourth-order valence-corrected chi connectivity index (χ4v) is 1.80. The summed E-state index contributed by atoms with van der Waals surface area (Å²) >= 11 is 0. The quantitative estimate of drug-likeness (QED) is 0.866. The zero-order chi connectivity index (χ0) is 14.0. The molecule has 0 radical (unpaired) electrons. The van der Waals surface area contributed by atoms with Crippen molar-refractivity contribution in [3.8, 4) is 0 Å². The molecule has 1 aromatic heterocycles. The van der Waals surface area contributed by atoms with E-state index in [1.165, 1.54) is 31.4 Å². The number of esters is 1. The Morgan fingerprint density at radius 3 is 2.74 bits per heavy atom. The predicted octanol–water partition coefficient (Wildman–Crippen LogP) is 2.60. The van der Waals surface area contributed by atoms with E-state index in [-0.39, 0.29) is 11.5 Å². The molecule has 100 valence electrons. The number of aliphatic hydroxyl groups is 1. The highest BCUT2D eigenvalue weighted by atomic mass is 19.1. The number of ether oxygens (including phenoxy) is 1. The Bertz CT molecular complexity index is 583. The summed E-state index contributed by atoms with van der Waals surface area (Å²) in [5, 5.41) is 10.1. The summed E-state index contributed by atoms with van der Waals surface area (Å²) in [5.74, 6) is -0.919. The number of hydrogen-bond donors (Lipinski definition) is 1. The van der Waals surface area contributed by atoms with Gasteiger partial charge in [0.2, 0.25) is 5.76 Å². The van der Waals surface area contributed by atoms with Crippen molar-refractivity contribution in [3.63, 3.8) is 0 Å². The first-order valence-electron chi connectivity index (χ1n) is 5.64. The lowest BCUT2D eigenvalue weighted by atomic mass is 10.0. The second-order valence-electron chi connectivity index (χ2n) is 4.16. The SMILES string of the molecule is COC(=O)c1ccc(C(O)c2cc(C)cc(F)c2)o1. The van der Waals surface area contributed by atoms with Crippen LogP contribution < -0.4 is 0 Å². The van der Waals surface area contributed by atoms with E-state index in [0.29, 0.717) is 11.1 Å². The Labute approximate surface area is 109 Å². The van der Waals surface area contributed by atoms with Crippen molar-refractivity contribution in [1.29, 1.82) is 0 Å². The highest BCUT2D eigenvalue weighted by molar-refractivity contribution is 5.86. The Kier molecular flexibility index (Phi) is 3.66. The van der Waals surface area contributed by atoms with Crippen LogP contribution in [0.3, 0.4) is 0 Å². The summed E-state index contributed by atoms with van der Waals surface area (Å²) < 4.78 is 23.0. The topological polar surface area (TPSA) is 59.7 Å². The number of carbonyl (C=O) groups is 1. The minimum Gasteiger partial charge on any atom is -0.463 e. The number of hydrogen-bond acceptors (Lipinski definition) is 4. The van der Waals surface area contributed by atoms with E-state index >= 15 is 0 Å². The molecule has 1 N–H and O–H groups in total. The van der Waals surface area contributed by atoms with Gasteiger partial charge in [-0.25, -0.2) is 9.18 Å². The maximum atomic E-state index is 13.3. The van der Waals surface area contributed by atoms with E-state index in [2.05, 4.69) is 4.74 Å². The van der Waals surface area contributed by atoms with Gasteiger partial charge in [0.15, 0.2) is 0 Å². The molecule has 0 amide bonds. The summed E-state index contributed by atoms with van der Waals surface area (Å²) in [6.07, 6.45) is -1.13. The van der Waals surface area contributed by atoms with E-state index in [9.17, 15) is 14.3 Å². The Morgan fingerprint density at radius 1 is 1.37 bits per heavy atom. The van der Waals surface area contributed by atoms with Gasteiger partial charge in [-0.3, -0.25) is 0 Å². The van der Waals surface area contributed by atoms with Gasteiger partial charge in [0, 0.05) is 0 Å². The molecule has 0 bridgehead atoms. The van der Waals surface area contributed by atoms with Crippen LogP contribution in [-0.2, 0) is 4.74 Å². The standard InChI is InChI=1S/C14H13FO4/c1-8-5-9(7-10(15)6-8)13(16)11-3-4-12(19-11)14(17)18-2/h3-7,13,16H,1-2H3. The molecule has 19 heavy (non-hydrogen) atoms. The monoisotopic (exact) mass is 264 g/mol. The fraction of sp³-hybridized carbons (Fsp3) is 0.214. The van der Waals surface area contributed by atoms with Crippen LogP contribution in [0.5, 0.6) is 0 Å². The lowest BCUT2D eigenvalue weighted by Gasteiger charge is -2.09. The number of carbonyl (C=O) groups excluding carboxylic acids is 1. The zero-order valence-electron chi connectivity index (χ0n) is 10.5. The molecule has 0 aliphatic rings. The molecule has 5 heteroatoms. The van der Waals surface area contributed by atoms with Crippen molar-refractivity contribution in [1.82, 2.24) is 0 Å². The molecule has 1 atom stereocenters. The van der Waals surface area contributed by atoms with E-state index in [0.717, 1.165) is 0 Å². The van der Waals surface area contributed by atoms with E-state index in [1.807, 2.05) is 0 Å². The first-order valence-corrected chi connectivity index (χ1v) is 5.64. The van der Waals surface area contributed by atoms with E-state index < -0.39 is 17.9 Å². The highest BCUT2D eigenvalue weighted by Crippen LogP contribution is 2.25. The lowest BCUT2D eigenvalue weighted by molar-refractivity contribution is 0.0558. The van der Waals surface area contributed by atoms with Gasteiger partial charge in [-0.15, -0.1) is 0 Å². The van der Waals surface area contributed by atoms with Crippen LogP contribution in [0, 0.1) is 12.7 Å². The molecule has 2 aromatic rings. The summed E-state index contributed by atoms with van der Waals surface area (Å²) in [7, 11) is 1.23. The molecular formula is C14H13FO4. The number of benzene rings is 1.